The third-order valence-electron chi connectivity index (χ3n) is 4.39. The molecular weight excluding hydrogens is 292 g/mol. The Kier molecular flexibility index (Phi) is 8.21. The minimum atomic E-state index is 0.278. The Labute approximate surface area is 140 Å². The maximum atomic E-state index is 11.9. The number of carbonyl (C=O) groups excluding carboxylic acids is 1. The molecule has 1 atom stereocenters. The normalized spacial score (nSPS) is 23.0. The summed E-state index contributed by atoms with van der Waals surface area (Å²) in [6.07, 6.45) is 7.59. The summed E-state index contributed by atoms with van der Waals surface area (Å²) in [6, 6.07) is 0. The molecule has 0 aliphatic carbocycles. The summed E-state index contributed by atoms with van der Waals surface area (Å²) >= 11 is 0. The van der Waals surface area contributed by atoms with Gasteiger partial charge in [-0.25, -0.2) is 0 Å². The molecule has 0 bridgehead atoms. The lowest BCUT2D eigenvalue weighted by atomic mass is 10.2. The highest BCUT2D eigenvalue weighted by Gasteiger charge is 2.16. The molecule has 0 radical (unpaired) electrons. The number of aliphatic imine (C=N–C) groups is 1. The van der Waals surface area contributed by atoms with Gasteiger partial charge in [-0.3, -0.25) is 9.79 Å². The number of likely N-dealkylation sites (tertiary alicyclic amines) is 1. The lowest BCUT2D eigenvalue weighted by Gasteiger charge is -2.21. The number of hydrogen-bond donors (Lipinski definition) is 2. The summed E-state index contributed by atoms with van der Waals surface area (Å²) in [5.41, 5.74) is 0. The van der Waals surface area contributed by atoms with E-state index >= 15 is 0 Å². The van der Waals surface area contributed by atoms with Crippen molar-refractivity contribution < 1.29 is 9.53 Å². The van der Waals surface area contributed by atoms with E-state index in [1.165, 1.54) is 6.42 Å². The number of carbonyl (C=O) groups is 1. The first-order chi connectivity index (χ1) is 11.3. The second-order valence-corrected chi connectivity index (χ2v) is 6.33. The van der Waals surface area contributed by atoms with Gasteiger partial charge in [0.2, 0.25) is 5.91 Å². The molecule has 23 heavy (non-hydrogen) atoms. The average molecular weight is 324 g/mol. The van der Waals surface area contributed by atoms with Crippen LogP contribution in [0, 0.1) is 0 Å². The second kappa shape index (κ2) is 10.5. The summed E-state index contributed by atoms with van der Waals surface area (Å²) in [6.45, 7) is 7.11. The molecular formula is C17H32N4O2. The molecule has 0 aromatic heterocycles. The molecule has 0 aromatic carbocycles. The third kappa shape index (κ3) is 6.77. The molecule has 6 nitrogen and oxygen atoms in total. The maximum absolute atomic E-state index is 11.9. The van der Waals surface area contributed by atoms with Gasteiger partial charge in [0.05, 0.1) is 12.6 Å². The van der Waals surface area contributed by atoms with Gasteiger partial charge >= 0.3 is 0 Å². The molecule has 2 saturated heterocycles. The fourth-order valence-corrected chi connectivity index (χ4v) is 3.07. The lowest BCUT2D eigenvalue weighted by molar-refractivity contribution is -0.130. The molecule has 2 rings (SSSR count). The topological polar surface area (TPSA) is 66.0 Å². The van der Waals surface area contributed by atoms with Crippen LogP contribution >= 0.6 is 0 Å². The molecule has 1 unspecified atom stereocenters. The van der Waals surface area contributed by atoms with E-state index in [9.17, 15) is 4.79 Å². The van der Waals surface area contributed by atoms with E-state index in [1.807, 2.05) is 4.90 Å². The Morgan fingerprint density at radius 1 is 1.30 bits per heavy atom. The number of rotatable bonds is 7. The van der Waals surface area contributed by atoms with Gasteiger partial charge in [0.15, 0.2) is 5.96 Å². The number of hydrogen-bond acceptors (Lipinski definition) is 3. The smallest absolute Gasteiger partial charge is 0.222 e. The van der Waals surface area contributed by atoms with Crippen molar-refractivity contribution in [3.63, 3.8) is 0 Å². The summed E-state index contributed by atoms with van der Waals surface area (Å²) in [5.74, 6) is 1.17. The average Bonchev–Trinajstić information content (AvgIpc) is 2.99. The first kappa shape index (κ1) is 18.0. The number of amides is 1. The van der Waals surface area contributed by atoms with Crippen LogP contribution in [-0.4, -0.2) is 62.2 Å². The Morgan fingerprint density at radius 3 is 3.00 bits per heavy atom. The van der Waals surface area contributed by atoms with Crippen LogP contribution in [-0.2, 0) is 9.53 Å². The summed E-state index contributed by atoms with van der Waals surface area (Å²) < 4.78 is 5.60. The molecule has 2 aliphatic rings. The van der Waals surface area contributed by atoms with Crippen molar-refractivity contribution in [3.8, 4) is 0 Å². The molecule has 2 aliphatic heterocycles. The van der Waals surface area contributed by atoms with Crippen LogP contribution in [0.15, 0.2) is 4.99 Å². The Bertz CT molecular complexity index is 381. The van der Waals surface area contributed by atoms with Crippen LogP contribution in [0.1, 0.15) is 51.9 Å². The fourth-order valence-electron chi connectivity index (χ4n) is 3.07. The van der Waals surface area contributed by atoms with Crippen LogP contribution in [0.5, 0.6) is 0 Å². The van der Waals surface area contributed by atoms with E-state index in [2.05, 4.69) is 22.5 Å². The summed E-state index contributed by atoms with van der Waals surface area (Å²) in [4.78, 5) is 18.6. The standard InChI is InChI=1S/C17H32N4O2/c1-2-18-17(20-14-15-8-6-13-23-15)19-10-7-12-21-11-5-3-4-9-16(21)22/h15H,2-14H2,1H3,(H2,18,19,20). The Hall–Kier alpha value is -1.30. The molecule has 0 saturated carbocycles. The van der Waals surface area contributed by atoms with E-state index in [0.717, 1.165) is 83.8 Å². The zero-order valence-corrected chi connectivity index (χ0v) is 14.5. The SMILES string of the molecule is CCNC(=NCC1CCCO1)NCCCN1CCCCCC1=O. The molecule has 6 heteroatoms. The van der Waals surface area contributed by atoms with Crippen molar-refractivity contribution in [2.75, 3.05) is 39.3 Å². The molecule has 1 amide bonds. The van der Waals surface area contributed by atoms with E-state index in [4.69, 9.17) is 4.74 Å². The van der Waals surface area contributed by atoms with Crippen molar-refractivity contribution >= 4 is 11.9 Å². The largest absolute Gasteiger partial charge is 0.376 e. The Morgan fingerprint density at radius 2 is 2.22 bits per heavy atom. The van der Waals surface area contributed by atoms with Crippen LogP contribution in [0.2, 0.25) is 0 Å². The van der Waals surface area contributed by atoms with E-state index in [1.54, 1.807) is 0 Å². The first-order valence-electron chi connectivity index (χ1n) is 9.21. The second-order valence-electron chi connectivity index (χ2n) is 6.33. The van der Waals surface area contributed by atoms with Gasteiger partial charge in [-0.05, 0) is 39.0 Å². The number of nitrogens with one attached hydrogen (secondary N) is 2. The number of guanidine groups is 1. The fraction of sp³-hybridized carbons (Fsp3) is 0.882. The van der Waals surface area contributed by atoms with E-state index < -0.39 is 0 Å². The van der Waals surface area contributed by atoms with Crippen molar-refractivity contribution in [2.45, 2.75) is 58.0 Å². The number of nitrogens with zero attached hydrogens (tertiary/aromatic N) is 2. The Balaban J connectivity index is 1.66. The summed E-state index contributed by atoms with van der Waals surface area (Å²) in [5, 5.41) is 6.63. The maximum Gasteiger partial charge on any atom is 0.222 e. The van der Waals surface area contributed by atoms with Crippen molar-refractivity contribution in [1.82, 2.24) is 15.5 Å². The van der Waals surface area contributed by atoms with Gasteiger partial charge in [-0.1, -0.05) is 6.42 Å². The van der Waals surface area contributed by atoms with Crippen LogP contribution in [0.25, 0.3) is 0 Å². The van der Waals surface area contributed by atoms with Gasteiger partial charge in [-0.15, -0.1) is 0 Å². The highest BCUT2D eigenvalue weighted by atomic mass is 16.5. The zero-order valence-electron chi connectivity index (χ0n) is 14.5. The minimum absolute atomic E-state index is 0.278. The van der Waals surface area contributed by atoms with Crippen molar-refractivity contribution in [2.24, 2.45) is 4.99 Å². The van der Waals surface area contributed by atoms with Crippen LogP contribution in [0.4, 0.5) is 0 Å². The van der Waals surface area contributed by atoms with Gasteiger partial charge in [0.25, 0.3) is 0 Å². The molecule has 0 spiro atoms. The van der Waals surface area contributed by atoms with E-state index in [0.29, 0.717) is 5.91 Å². The summed E-state index contributed by atoms with van der Waals surface area (Å²) in [7, 11) is 0. The minimum Gasteiger partial charge on any atom is -0.376 e. The predicted molar refractivity (Wildman–Crippen MR) is 92.6 cm³/mol. The third-order valence-corrected chi connectivity index (χ3v) is 4.39. The zero-order chi connectivity index (χ0) is 16.3. The highest BCUT2D eigenvalue weighted by Crippen LogP contribution is 2.12. The van der Waals surface area contributed by atoms with Gasteiger partial charge in [0, 0.05) is 39.2 Å². The van der Waals surface area contributed by atoms with Gasteiger partial charge < -0.3 is 20.3 Å². The monoisotopic (exact) mass is 324 g/mol. The molecule has 2 heterocycles. The highest BCUT2D eigenvalue weighted by molar-refractivity contribution is 5.79. The lowest BCUT2D eigenvalue weighted by Crippen LogP contribution is -2.40. The predicted octanol–water partition coefficient (Wildman–Crippen LogP) is 1.51. The van der Waals surface area contributed by atoms with Crippen LogP contribution < -0.4 is 10.6 Å². The van der Waals surface area contributed by atoms with Crippen LogP contribution in [0.3, 0.4) is 0 Å². The quantitative estimate of drug-likeness (QED) is 0.423. The molecule has 2 N–H and O–H groups in total. The van der Waals surface area contributed by atoms with Crippen molar-refractivity contribution in [3.05, 3.63) is 0 Å². The van der Waals surface area contributed by atoms with E-state index in [-0.39, 0.29) is 6.10 Å². The van der Waals surface area contributed by atoms with Crippen molar-refractivity contribution in [1.29, 1.82) is 0 Å². The number of ether oxygens (including phenoxy) is 1. The molecule has 2 fully saturated rings. The molecule has 0 aromatic rings. The van der Waals surface area contributed by atoms with Gasteiger partial charge in [-0.2, -0.15) is 0 Å². The van der Waals surface area contributed by atoms with Gasteiger partial charge in [0.1, 0.15) is 0 Å². The first-order valence-corrected chi connectivity index (χ1v) is 9.21. The molecule has 132 valence electrons.